The third-order valence-electron chi connectivity index (χ3n) is 3.03. The van der Waals surface area contributed by atoms with Gasteiger partial charge in [-0.2, -0.15) is 0 Å². The molecule has 0 nitrogen and oxygen atoms in total. The molecule has 2 aliphatic rings. The molecule has 0 amide bonds. The molecule has 80 valence electrons. The molecule has 1 saturated heterocycles. The summed E-state index contributed by atoms with van der Waals surface area (Å²) < 4.78 is 4.11. The fraction of sp³-hybridized carbons (Fsp3) is 0.500. The Bertz CT molecular complexity index is 317. The summed E-state index contributed by atoms with van der Waals surface area (Å²) in [4.78, 5) is 0. The molecule has 0 bridgehead atoms. The van der Waals surface area contributed by atoms with Gasteiger partial charge in [-0.1, -0.05) is 0 Å². The molecule has 0 aromatic rings. The van der Waals surface area contributed by atoms with Gasteiger partial charge in [-0.15, -0.1) is 0 Å². The Balaban J connectivity index is 2.48. The maximum atomic E-state index is 6.37. The Kier molecular flexibility index (Phi) is 3.59. The van der Waals surface area contributed by atoms with Gasteiger partial charge in [-0.3, -0.25) is 0 Å². The number of hydrogen-bond donors (Lipinski definition) is 0. The number of rotatable bonds is 0. The standard InChI is InChI=1S/C8H10Cl4SiTe/c9-5-8-13(3-1-2-4-13)7(10)6-14(8,11)12/h5-6H,1-4H2/b8-5-. The van der Waals surface area contributed by atoms with Gasteiger partial charge in [0.15, 0.2) is 0 Å². The van der Waals surface area contributed by atoms with Gasteiger partial charge in [0.2, 0.25) is 0 Å². The summed E-state index contributed by atoms with van der Waals surface area (Å²) in [5, 5.41) is 0. The normalized spacial score (nSPS) is 33.7. The fourth-order valence-electron chi connectivity index (χ4n) is 2.31. The SMILES string of the molecule is Cl/C=C1/[Si]2(CCCC2)C(Cl)=C[Te]1(Cl)Cl. The molecular formula is C8H10Cl4SiTe. The molecule has 2 aliphatic heterocycles. The van der Waals surface area contributed by atoms with Crippen LogP contribution in [0.2, 0.25) is 12.1 Å². The Morgan fingerprint density at radius 3 is 2.36 bits per heavy atom. The summed E-state index contributed by atoms with van der Waals surface area (Å²) in [6.07, 6.45) is 2.49. The zero-order valence-corrected chi connectivity index (χ0v) is 13.8. The molecule has 0 N–H and O–H groups in total. The minimum absolute atomic E-state index is 0.980. The van der Waals surface area contributed by atoms with Gasteiger partial charge in [-0.25, -0.2) is 0 Å². The van der Waals surface area contributed by atoms with Crippen LogP contribution in [-0.2, 0) is 0 Å². The first-order chi connectivity index (χ1) is 6.53. The Morgan fingerprint density at radius 2 is 1.86 bits per heavy atom. The predicted molar refractivity (Wildman–Crippen MR) is 69.9 cm³/mol. The van der Waals surface area contributed by atoms with Gasteiger partial charge in [-0.05, 0) is 0 Å². The first-order valence-corrected chi connectivity index (χ1v) is 16.1. The third kappa shape index (κ3) is 1.72. The van der Waals surface area contributed by atoms with E-state index < -0.39 is 24.0 Å². The molecule has 6 heteroatoms. The van der Waals surface area contributed by atoms with Gasteiger partial charge in [0.05, 0.1) is 0 Å². The van der Waals surface area contributed by atoms with E-state index in [1.807, 2.05) is 4.12 Å². The van der Waals surface area contributed by atoms with Crippen LogP contribution < -0.4 is 0 Å². The monoisotopic (exact) mass is 404 g/mol. The van der Waals surface area contributed by atoms with Crippen molar-refractivity contribution in [3.63, 3.8) is 0 Å². The second-order valence-electron chi connectivity index (χ2n) is 3.74. The van der Waals surface area contributed by atoms with Gasteiger partial charge in [0.1, 0.15) is 0 Å². The molecule has 0 radical (unpaired) electrons. The van der Waals surface area contributed by atoms with Crippen LogP contribution >= 0.6 is 41.1 Å². The van der Waals surface area contributed by atoms with Gasteiger partial charge in [0.25, 0.3) is 0 Å². The summed E-state index contributed by atoms with van der Waals surface area (Å²) >= 11 is 9.25. The van der Waals surface area contributed by atoms with Crippen molar-refractivity contribution in [1.82, 2.24) is 0 Å². The van der Waals surface area contributed by atoms with Crippen LogP contribution in [0.25, 0.3) is 0 Å². The van der Waals surface area contributed by atoms with E-state index in [2.05, 4.69) is 0 Å². The van der Waals surface area contributed by atoms with Crippen LogP contribution in [0.15, 0.2) is 17.6 Å². The summed E-state index contributed by atoms with van der Waals surface area (Å²) in [5.41, 5.74) is 1.64. The number of hydrogen-bond acceptors (Lipinski definition) is 0. The molecule has 0 aromatic carbocycles. The summed E-state index contributed by atoms with van der Waals surface area (Å²) in [6, 6.07) is 2.38. The van der Waals surface area contributed by atoms with Crippen molar-refractivity contribution < 1.29 is 0 Å². The van der Waals surface area contributed by atoms with E-state index >= 15 is 0 Å². The van der Waals surface area contributed by atoms with E-state index in [0.717, 1.165) is 4.66 Å². The summed E-state index contributed by atoms with van der Waals surface area (Å²) in [6.45, 7) is 0. The van der Waals surface area contributed by atoms with Crippen LogP contribution in [-0.4, -0.2) is 24.0 Å². The molecule has 0 aliphatic carbocycles. The second kappa shape index (κ2) is 4.15. The second-order valence-corrected chi connectivity index (χ2v) is 22.5. The zero-order valence-electron chi connectivity index (χ0n) is 7.40. The molecule has 14 heavy (non-hydrogen) atoms. The molecular weight excluding hydrogens is 394 g/mol. The van der Waals surface area contributed by atoms with E-state index in [9.17, 15) is 0 Å². The van der Waals surface area contributed by atoms with Crippen LogP contribution in [0, 0.1) is 0 Å². The maximum absolute atomic E-state index is 6.37. The van der Waals surface area contributed by atoms with Crippen molar-refractivity contribution >= 4 is 65.1 Å². The van der Waals surface area contributed by atoms with Crippen molar-refractivity contribution in [2.45, 2.75) is 24.9 Å². The summed E-state index contributed by atoms with van der Waals surface area (Å²) in [5.74, 6) is 0. The van der Waals surface area contributed by atoms with Crippen LogP contribution in [0.4, 0.5) is 0 Å². The quantitative estimate of drug-likeness (QED) is 0.520. The summed E-state index contributed by atoms with van der Waals surface area (Å²) in [7, 11) is 11.1. The first kappa shape index (κ1) is 12.1. The molecule has 0 atom stereocenters. The van der Waals surface area contributed by atoms with Gasteiger partial charge in [0, 0.05) is 0 Å². The molecule has 0 saturated carbocycles. The van der Waals surface area contributed by atoms with Crippen LogP contribution in [0.3, 0.4) is 0 Å². The molecule has 2 rings (SSSR count). The van der Waals surface area contributed by atoms with Crippen molar-refractivity contribution in [3.8, 4) is 0 Å². The molecule has 1 fully saturated rings. The third-order valence-corrected chi connectivity index (χ3v) is 24.8. The van der Waals surface area contributed by atoms with E-state index in [-0.39, 0.29) is 0 Å². The van der Waals surface area contributed by atoms with Gasteiger partial charge < -0.3 is 0 Å². The average Bonchev–Trinajstić information content (AvgIpc) is 2.59. The topological polar surface area (TPSA) is 0 Å². The number of halogens is 4. The zero-order chi connectivity index (χ0) is 10.4. The van der Waals surface area contributed by atoms with Crippen molar-refractivity contribution in [3.05, 3.63) is 17.6 Å². The van der Waals surface area contributed by atoms with Crippen LogP contribution in [0.1, 0.15) is 12.8 Å². The van der Waals surface area contributed by atoms with Gasteiger partial charge >= 0.3 is 108 Å². The Hall–Kier alpha value is 1.65. The Morgan fingerprint density at radius 1 is 1.29 bits per heavy atom. The molecule has 1 spiro atoms. The van der Waals surface area contributed by atoms with Crippen molar-refractivity contribution in [2.75, 3.05) is 0 Å². The fourth-order valence-corrected chi connectivity index (χ4v) is 32.4. The Labute approximate surface area is 107 Å². The average molecular weight is 404 g/mol. The van der Waals surface area contributed by atoms with E-state index in [4.69, 9.17) is 41.1 Å². The van der Waals surface area contributed by atoms with Crippen molar-refractivity contribution in [1.29, 1.82) is 0 Å². The molecule has 0 unspecified atom stereocenters. The first-order valence-electron chi connectivity index (χ1n) is 4.44. The van der Waals surface area contributed by atoms with Crippen LogP contribution in [0.5, 0.6) is 0 Å². The predicted octanol–water partition coefficient (Wildman–Crippen LogP) is 4.56. The minimum atomic E-state index is -2.97. The molecule has 0 aromatic heterocycles. The van der Waals surface area contributed by atoms with E-state index in [0.29, 0.717) is 0 Å². The van der Waals surface area contributed by atoms with E-state index in [1.54, 1.807) is 5.54 Å². The molecule has 2 heterocycles. The van der Waals surface area contributed by atoms with Crippen molar-refractivity contribution in [2.24, 2.45) is 0 Å². The van der Waals surface area contributed by atoms with E-state index in [1.165, 1.54) is 28.2 Å².